The molecule has 3 aromatic carbocycles. The maximum atomic E-state index is 10.2. The van der Waals surface area contributed by atoms with E-state index >= 15 is 0 Å². The average molecular weight is 321 g/mol. The Morgan fingerprint density at radius 2 is 1.79 bits per heavy atom. The highest BCUT2D eigenvalue weighted by molar-refractivity contribution is 6.02. The Labute approximate surface area is 140 Å². The lowest BCUT2D eigenvalue weighted by Crippen LogP contribution is -2.02. The van der Waals surface area contributed by atoms with Crippen molar-refractivity contribution in [1.82, 2.24) is 0 Å². The number of aliphatic hydroxyl groups is 1. The molecule has 0 saturated carbocycles. The van der Waals surface area contributed by atoms with Crippen molar-refractivity contribution in [3.63, 3.8) is 0 Å². The van der Waals surface area contributed by atoms with Crippen LogP contribution in [-0.4, -0.2) is 30.1 Å². The van der Waals surface area contributed by atoms with Crippen LogP contribution in [-0.2, 0) is 0 Å². The van der Waals surface area contributed by atoms with Crippen molar-refractivity contribution in [1.29, 1.82) is 0 Å². The fourth-order valence-electron chi connectivity index (χ4n) is 2.60. The van der Waals surface area contributed by atoms with Gasteiger partial charge in [0.2, 0.25) is 0 Å². The molecule has 1 atom stereocenters. The van der Waals surface area contributed by atoms with Crippen LogP contribution in [0, 0.1) is 0 Å². The van der Waals surface area contributed by atoms with Gasteiger partial charge in [-0.2, -0.15) is 0 Å². The first-order valence-corrected chi connectivity index (χ1v) is 7.71. The first-order valence-electron chi connectivity index (χ1n) is 7.71. The summed E-state index contributed by atoms with van der Waals surface area (Å²) in [4.78, 5) is 4.31. The first-order chi connectivity index (χ1) is 11.7. The number of rotatable bonds is 5. The number of benzene rings is 3. The second kappa shape index (κ2) is 7.15. The zero-order chi connectivity index (χ0) is 16.9. The fourth-order valence-corrected chi connectivity index (χ4v) is 2.60. The van der Waals surface area contributed by atoms with Crippen molar-refractivity contribution in [3.8, 4) is 11.5 Å². The number of methoxy groups -OCH3 is 1. The van der Waals surface area contributed by atoms with Crippen LogP contribution in [0.3, 0.4) is 0 Å². The normalized spacial score (nSPS) is 12.6. The molecule has 122 valence electrons. The molecule has 0 heterocycles. The second-order valence-corrected chi connectivity index (χ2v) is 5.50. The van der Waals surface area contributed by atoms with Gasteiger partial charge in [-0.1, -0.05) is 42.5 Å². The van der Waals surface area contributed by atoms with E-state index in [1.165, 1.54) is 0 Å². The molecule has 0 aliphatic rings. The monoisotopic (exact) mass is 321 g/mol. The van der Waals surface area contributed by atoms with E-state index < -0.39 is 6.10 Å². The molecular formula is C20H19NO3. The van der Waals surface area contributed by atoms with Gasteiger partial charge in [-0.25, -0.2) is 0 Å². The van der Waals surface area contributed by atoms with E-state index in [-0.39, 0.29) is 12.3 Å². The lowest BCUT2D eigenvalue weighted by molar-refractivity contribution is 0.187. The molecule has 0 spiro atoms. The minimum absolute atomic E-state index is 0.177. The summed E-state index contributed by atoms with van der Waals surface area (Å²) in [6.45, 7) is 0.217. The summed E-state index contributed by atoms with van der Waals surface area (Å²) in [6.07, 6.45) is 0.911. The Kier molecular flexibility index (Phi) is 4.77. The van der Waals surface area contributed by atoms with Crippen molar-refractivity contribution in [2.75, 3.05) is 13.7 Å². The van der Waals surface area contributed by atoms with Gasteiger partial charge < -0.3 is 14.9 Å². The van der Waals surface area contributed by atoms with Crippen LogP contribution in [0.25, 0.3) is 10.8 Å². The van der Waals surface area contributed by atoms with E-state index in [2.05, 4.69) is 4.99 Å². The van der Waals surface area contributed by atoms with Crippen LogP contribution < -0.4 is 4.74 Å². The Morgan fingerprint density at radius 3 is 2.54 bits per heavy atom. The number of ether oxygens (including phenoxy) is 1. The predicted octanol–water partition coefficient (Wildman–Crippen LogP) is 3.71. The molecule has 4 nitrogen and oxygen atoms in total. The average Bonchev–Trinajstić information content (AvgIpc) is 2.63. The van der Waals surface area contributed by atoms with Crippen LogP contribution in [0.1, 0.15) is 17.2 Å². The number of aliphatic hydroxyl groups excluding tert-OH is 1. The largest absolute Gasteiger partial charge is 0.507 e. The molecule has 2 N–H and O–H groups in total. The van der Waals surface area contributed by atoms with Crippen molar-refractivity contribution >= 4 is 17.0 Å². The van der Waals surface area contributed by atoms with Gasteiger partial charge in [0.05, 0.1) is 19.8 Å². The summed E-state index contributed by atoms with van der Waals surface area (Å²) >= 11 is 0. The predicted molar refractivity (Wildman–Crippen MR) is 96.0 cm³/mol. The highest BCUT2D eigenvalue weighted by Crippen LogP contribution is 2.25. The SMILES string of the molecule is COc1ccc(C(O)CN=Cc2c(O)ccc3ccccc23)cc1. The number of hydrogen-bond acceptors (Lipinski definition) is 4. The molecular weight excluding hydrogens is 302 g/mol. The van der Waals surface area contributed by atoms with E-state index in [0.29, 0.717) is 5.56 Å². The van der Waals surface area contributed by atoms with Crippen LogP contribution in [0.5, 0.6) is 11.5 Å². The molecule has 0 bridgehead atoms. The summed E-state index contributed by atoms with van der Waals surface area (Å²) in [5.74, 6) is 0.923. The van der Waals surface area contributed by atoms with Crippen molar-refractivity contribution in [3.05, 3.63) is 71.8 Å². The van der Waals surface area contributed by atoms with Crippen LogP contribution in [0.4, 0.5) is 0 Å². The van der Waals surface area contributed by atoms with E-state index in [4.69, 9.17) is 4.74 Å². The molecule has 0 aliphatic carbocycles. The minimum atomic E-state index is -0.704. The van der Waals surface area contributed by atoms with Gasteiger partial charge in [0.1, 0.15) is 11.5 Å². The lowest BCUT2D eigenvalue weighted by Gasteiger charge is -2.09. The summed E-state index contributed by atoms with van der Waals surface area (Å²) in [5, 5.41) is 22.3. The molecule has 4 heteroatoms. The third-order valence-corrected chi connectivity index (χ3v) is 3.95. The smallest absolute Gasteiger partial charge is 0.124 e. The van der Waals surface area contributed by atoms with E-state index in [1.807, 2.05) is 42.5 Å². The molecule has 0 radical (unpaired) electrons. The van der Waals surface area contributed by atoms with Crippen molar-refractivity contribution < 1.29 is 14.9 Å². The zero-order valence-corrected chi connectivity index (χ0v) is 13.4. The van der Waals surface area contributed by atoms with Crippen molar-refractivity contribution in [2.45, 2.75) is 6.10 Å². The van der Waals surface area contributed by atoms with Gasteiger partial charge in [0.15, 0.2) is 0 Å². The Hall–Kier alpha value is -2.85. The maximum Gasteiger partial charge on any atom is 0.124 e. The maximum absolute atomic E-state index is 10.2. The van der Waals surface area contributed by atoms with Crippen LogP contribution in [0.15, 0.2) is 65.7 Å². The van der Waals surface area contributed by atoms with Crippen LogP contribution in [0.2, 0.25) is 0 Å². The van der Waals surface area contributed by atoms with Gasteiger partial charge in [-0.05, 0) is 34.5 Å². The molecule has 24 heavy (non-hydrogen) atoms. The lowest BCUT2D eigenvalue weighted by atomic mass is 10.0. The first kappa shape index (κ1) is 16.0. The number of aromatic hydroxyl groups is 1. The summed E-state index contributed by atoms with van der Waals surface area (Å²) in [7, 11) is 1.60. The highest BCUT2D eigenvalue weighted by Gasteiger charge is 2.08. The summed E-state index contributed by atoms with van der Waals surface area (Å²) < 4.78 is 5.10. The third kappa shape index (κ3) is 3.39. The van der Waals surface area contributed by atoms with E-state index in [0.717, 1.165) is 22.1 Å². The summed E-state index contributed by atoms with van der Waals surface area (Å²) in [6, 6.07) is 18.6. The quantitative estimate of drug-likeness (QED) is 0.704. The molecule has 0 amide bonds. The minimum Gasteiger partial charge on any atom is -0.507 e. The van der Waals surface area contributed by atoms with E-state index in [9.17, 15) is 10.2 Å². The Balaban J connectivity index is 1.77. The topological polar surface area (TPSA) is 62.0 Å². The number of hydrogen-bond donors (Lipinski definition) is 2. The second-order valence-electron chi connectivity index (χ2n) is 5.50. The Morgan fingerprint density at radius 1 is 1.04 bits per heavy atom. The molecule has 0 aliphatic heterocycles. The van der Waals surface area contributed by atoms with Crippen molar-refractivity contribution in [2.24, 2.45) is 4.99 Å². The molecule has 1 unspecified atom stereocenters. The van der Waals surface area contributed by atoms with Gasteiger partial charge in [-0.15, -0.1) is 0 Å². The Bertz CT molecular complexity index is 856. The summed E-state index contributed by atoms with van der Waals surface area (Å²) in [5.41, 5.74) is 1.44. The van der Waals surface area contributed by atoms with Gasteiger partial charge >= 0.3 is 0 Å². The highest BCUT2D eigenvalue weighted by atomic mass is 16.5. The van der Waals surface area contributed by atoms with Gasteiger partial charge in [0, 0.05) is 11.8 Å². The number of fused-ring (bicyclic) bond motifs is 1. The number of aliphatic imine (C=N–C) groups is 1. The van der Waals surface area contributed by atoms with Crippen LogP contribution >= 0.6 is 0 Å². The fraction of sp³-hybridized carbons (Fsp3) is 0.150. The van der Waals surface area contributed by atoms with Gasteiger partial charge in [0.25, 0.3) is 0 Å². The van der Waals surface area contributed by atoms with E-state index in [1.54, 1.807) is 31.5 Å². The number of phenolic OH excluding ortho intramolecular Hbond substituents is 1. The number of phenols is 1. The van der Waals surface area contributed by atoms with Gasteiger partial charge in [-0.3, -0.25) is 4.99 Å². The molecule has 3 aromatic rings. The molecule has 0 saturated heterocycles. The third-order valence-electron chi connectivity index (χ3n) is 3.95. The standard InChI is InChI=1S/C20H19NO3/c1-24-16-9-6-15(7-10-16)20(23)13-21-12-18-17-5-3-2-4-14(17)8-11-19(18)22/h2-12,20,22-23H,13H2,1H3. The molecule has 3 rings (SSSR count). The number of nitrogens with zero attached hydrogens (tertiary/aromatic N) is 1. The zero-order valence-electron chi connectivity index (χ0n) is 13.4. The molecule has 0 aromatic heterocycles. The molecule has 0 fully saturated rings.